The minimum absolute atomic E-state index is 0. The third-order valence-electron chi connectivity index (χ3n) is 3.55. The van der Waals surface area contributed by atoms with E-state index in [4.69, 9.17) is 5.73 Å². The van der Waals surface area contributed by atoms with E-state index in [1.807, 2.05) is 0 Å². The molecule has 3 N–H and O–H groups in total. The summed E-state index contributed by atoms with van der Waals surface area (Å²) in [5, 5.41) is 2.92. The minimum Gasteiger partial charge on any atom is -0.354 e. The highest BCUT2D eigenvalue weighted by Crippen LogP contribution is 2.32. The molecule has 0 atom stereocenters. The molecule has 1 saturated carbocycles. The summed E-state index contributed by atoms with van der Waals surface area (Å²) in [6, 6.07) is 6.27. The third kappa shape index (κ3) is 3.24. The summed E-state index contributed by atoms with van der Waals surface area (Å²) in [6.07, 6.45) is 2.52. The average Bonchev–Trinajstić information content (AvgIpc) is 3.02. The highest BCUT2D eigenvalue weighted by atomic mass is 35.5. The number of nitrogens with two attached hydrogens (primary N) is 1. The fraction of sp³-hybridized carbons (Fsp3) is 0.500. The van der Waals surface area contributed by atoms with E-state index in [1.54, 1.807) is 0 Å². The van der Waals surface area contributed by atoms with Gasteiger partial charge in [-0.05, 0) is 49.8 Å². The molecule has 1 fully saturated rings. The number of hydrogen-bond acceptors (Lipinski definition) is 2. The second-order valence-electron chi connectivity index (χ2n) is 5.03. The van der Waals surface area contributed by atoms with Gasteiger partial charge in [-0.2, -0.15) is 0 Å². The van der Waals surface area contributed by atoms with Crippen LogP contribution < -0.4 is 11.1 Å². The van der Waals surface area contributed by atoms with Crippen molar-refractivity contribution in [3.05, 3.63) is 34.9 Å². The molecule has 1 aromatic carbocycles. The largest absolute Gasteiger partial charge is 0.354 e. The summed E-state index contributed by atoms with van der Waals surface area (Å²) in [4.78, 5) is 11.7. The van der Waals surface area contributed by atoms with Crippen molar-refractivity contribution in [2.75, 3.05) is 6.54 Å². The SMILES string of the molecule is Cc1cccc(C)c1CCNC(=O)C1(N)CC1.Cl. The molecule has 2 rings (SSSR count). The van der Waals surface area contributed by atoms with Crippen LogP contribution in [0.3, 0.4) is 0 Å². The molecule has 0 spiro atoms. The molecule has 18 heavy (non-hydrogen) atoms. The molecule has 0 unspecified atom stereocenters. The Labute approximate surface area is 115 Å². The van der Waals surface area contributed by atoms with Crippen molar-refractivity contribution in [1.29, 1.82) is 0 Å². The van der Waals surface area contributed by atoms with Gasteiger partial charge >= 0.3 is 0 Å². The molecule has 0 radical (unpaired) electrons. The first-order valence-corrected chi connectivity index (χ1v) is 6.15. The van der Waals surface area contributed by atoms with Crippen LogP contribution in [0.5, 0.6) is 0 Å². The quantitative estimate of drug-likeness (QED) is 0.876. The summed E-state index contributed by atoms with van der Waals surface area (Å²) in [6.45, 7) is 4.88. The average molecular weight is 269 g/mol. The first-order chi connectivity index (χ1) is 8.03. The number of amides is 1. The number of aryl methyl sites for hydroxylation is 2. The summed E-state index contributed by atoms with van der Waals surface area (Å²) < 4.78 is 0. The number of rotatable bonds is 4. The van der Waals surface area contributed by atoms with Crippen LogP contribution in [-0.2, 0) is 11.2 Å². The molecule has 1 aromatic rings. The monoisotopic (exact) mass is 268 g/mol. The van der Waals surface area contributed by atoms with E-state index in [0.29, 0.717) is 6.54 Å². The van der Waals surface area contributed by atoms with Gasteiger partial charge in [-0.25, -0.2) is 0 Å². The van der Waals surface area contributed by atoms with Crippen LogP contribution in [0.4, 0.5) is 0 Å². The Hall–Kier alpha value is -1.06. The van der Waals surface area contributed by atoms with Crippen LogP contribution in [0.1, 0.15) is 29.5 Å². The number of hydrogen-bond donors (Lipinski definition) is 2. The summed E-state index contributed by atoms with van der Waals surface area (Å²) in [5.74, 6) is 0.00346. The third-order valence-corrected chi connectivity index (χ3v) is 3.55. The standard InChI is InChI=1S/C14H20N2O.ClH/c1-10-4-3-5-11(2)12(10)6-9-16-13(17)14(15)7-8-14;/h3-5H,6-9,15H2,1-2H3,(H,16,17);1H. The number of carbonyl (C=O) groups is 1. The van der Waals surface area contributed by atoms with E-state index in [9.17, 15) is 4.79 Å². The Balaban J connectivity index is 0.00000162. The van der Waals surface area contributed by atoms with Crippen molar-refractivity contribution >= 4 is 18.3 Å². The van der Waals surface area contributed by atoms with Gasteiger partial charge in [0.15, 0.2) is 0 Å². The van der Waals surface area contributed by atoms with Crippen LogP contribution in [-0.4, -0.2) is 18.0 Å². The van der Waals surface area contributed by atoms with Gasteiger partial charge < -0.3 is 11.1 Å². The molecule has 0 bridgehead atoms. The fourth-order valence-electron chi connectivity index (χ4n) is 2.08. The Bertz CT molecular complexity index is 421. The molecular formula is C14H21ClN2O. The zero-order valence-electron chi connectivity index (χ0n) is 11.0. The lowest BCUT2D eigenvalue weighted by Crippen LogP contribution is -2.43. The molecule has 4 heteroatoms. The smallest absolute Gasteiger partial charge is 0.240 e. The Morgan fingerprint density at radius 1 is 1.33 bits per heavy atom. The summed E-state index contributed by atoms with van der Waals surface area (Å²) in [5.41, 5.74) is 9.16. The van der Waals surface area contributed by atoms with E-state index >= 15 is 0 Å². The molecule has 0 aromatic heterocycles. The van der Waals surface area contributed by atoms with Gasteiger partial charge in [0.05, 0.1) is 5.54 Å². The lowest BCUT2D eigenvalue weighted by atomic mass is 10.0. The predicted octanol–water partition coefficient (Wildman–Crippen LogP) is 1.88. The topological polar surface area (TPSA) is 55.1 Å². The van der Waals surface area contributed by atoms with Crippen LogP contribution >= 0.6 is 12.4 Å². The fourth-order valence-corrected chi connectivity index (χ4v) is 2.08. The lowest BCUT2D eigenvalue weighted by Gasteiger charge is -2.12. The Morgan fingerprint density at radius 2 is 1.89 bits per heavy atom. The molecule has 0 aliphatic heterocycles. The number of nitrogens with one attached hydrogen (secondary N) is 1. The zero-order valence-corrected chi connectivity index (χ0v) is 11.8. The van der Waals surface area contributed by atoms with Gasteiger partial charge in [-0.15, -0.1) is 12.4 Å². The van der Waals surface area contributed by atoms with Crippen LogP contribution in [0, 0.1) is 13.8 Å². The van der Waals surface area contributed by atoms with Crippen LogP contribution in [0.15, 0.2) is 18.2 Å². The second kappa shape index (κ2) is 5.72. The van der Waals surface area contributed by atoms with Gasteiger partial charge in [0.2, 0.25) is 5.91 Å². The van der Waals surface area contributed by atoms with Gasteiger partial charge in [0, 0.05) is 6.54 Å². The van der Waals surface area contributed by atoms with Crippen molar-refractivity contribution in [2.24, 2.45) is 5.73 Å². The molecule has 100 valence electrons. The van der Waals surface area contributed by atoms with Crippen LogP contribution in [0.2, 0.25) is 0 Å². The normalized spacial score (nSPS) is 15.7. The maximum Gasteiger partial charge on any atom is 0.240 e. The molecule has 1 aliphatic carbocycles. The second-order valence-corrected chi connectivity index (χ2v) is 5.03. The Kier molecular flexibility index (Phi) is 4.77. The molecule has 1 amide bonds. The maximum absolute atomic E-state index is 11.7. The van der Waals surface area contributed by atoms with E-state index in [1.165, 1.54) is 16.7 Å². The highest BCUT2D eigenvalue weighted by molar-refractivity contribution is 5.88. The number of carbonyl (C=O) groups excluding carboxylic acids is 1. The molecule has 0 heterocycles. The van der Waals surface area contributed by atoms with Crippen molar-refractivity contribution in [3.8, 4) is 0 Å². The summed E-state index contributed by atoms with van der Waals surface area (Å²) in [7, 11) is 0. The van der Waals surface area contributed by atoms with Gasteiger partial charge in [-0.3, -0.25) is 4.79 Å². The first kappa shape index (κ1) is 15.0. The minimum atomic E-state index is -0.555. The van der Waals surface area contributed by atoms with Crippen molar-refractivity contribution in [1.82, 2.24) is 5.32 Å². The van der Waals surface area contributed by atoms with E-state index < -0.39 is 5.54 Å². The van der Waals surface area contributed by atoms with E-state index in [2.05, 4.69) is 37.4 Å². The molecular weight excluding hydrogens is 248 g/mol. The highest BCUT2D eigenvalue weighted by Gasteiger charge is 2.45. The summed E-state index contributed by atoms with van der Waals surface area (Å²) >= 11 is 0. The van der Waals surface area contributed by atoms with Crippen molar-refractivity contribution < 1.29 is 4.79 Å². The molecule has 0 saturated heterocycles. The van der Waals surface area contributed by atoms with Gasteiger partial charge in [0.25, 0.3) is 0 Å². The number of benzene rings is 1. The van der Waals surface area contributed by atoms with Gasteiger partial charge in [0.1, 0.15) is 0 Å². The van der Waals surface area contributed by atoms with E-state index in [-0.39, 0.29) is 18.3 Å². The predicted molar refractivity (Wildman–Crippen MR) is 76.0 cm³/mol. The maximum atomic E-state index is 11.7. The first-order valence-electron chi connectivity index (χ1n) is 6.15. The number of halogens is 1. The van der Waals surface area contributed by atoms with Gasteiger partial charge in [-0.1, -0.05) is 18.2 Å². The Morgan fingerprint density at radius 3 is 2.39 bits per heavy atom. The molecule has 3 nitrogen and oxygen atoms in total. The zero-order chi connectivity index (χ0) is 12.5. The van der Waals surface area contributed by atoms with Crippen LogP contribution in [0.25, 0.3) is 0 Å². The van der Waals surface area contributed by atoms with Crippen molar-refractivity contribution in [3.63, 3.8) is 0 Å². The lowest BCUT2D eigenvalue weighted by molar-refractivity contribution is -0.123. The van der Waals surface area contributed by atoms with Crippen molar-refractivity contribution in [2.45, 2.75) is 38.6 Å². The van der Waals surface area contributed by atoms with E-state index in [0.717, 1.165) is 19.3 Å². The molecule has 1 aliphatic rings.